The van der Waals surface area contributed by atoms with Crippen molar-refractivity contribution >= 4 is 11.4 Å². The highest BCUT2D eigenvalue weighted by atomic mass is 16.5. The summed E-state index contributed by atoms with van der Waals surface area (Å²) in [7, 11) is 0. The van der Waals surface area contributed by atoms with E-state index in [1.165, 1.54) is 11.3 Å². The van der Waals surface area contributed by atoms with Gasteiger partial charge in [0.25, 0.3) is 0 Å². The molecule has 0 atom stereocenters. The van der Waals surface area contributed by atoms with Crippen LogP contribution in [0.4, 0.5) is 11.4 Å². The Morgan fingerprint density at radius 1 is 1.29 bits per heavy atom. The third-order valence-electron chi connectivity index (χ3n) is 2.70. The minimum absolute atomic E-state index is 0.814. The Labute approximate surface area is 84.5 Å². The molecule has 0 bridgehead atoms. The Kier molecular flexibility index (Phi) is 2.59. The molecule has 76 valence electrons. The van der Waals surface area contributed by atoms with Crippen molar-refractivity contribution in [1.29, 1.82) is 0 Å². The maximum atomic E-state index is 5.87. The van der Waals surface area contributed by atoms with E-state index in [1.54, 1.807) is 0 Å². The van der Waals surface area contributed by atoms with Gasteiger partial charge in [0, 0.05) is 24.5 Å². The van der Waals surface area contributed by atoms with Crippen molar-refractivity contribution in [1.82, 2.24) is 0 Å². The average Bonchev–Trinajstić information content (AvgIpc) is 2.23. The molecular formula is C11H16N2O. The maximum Gasteiger partial charge on any atom is 0.0642 e. The summed E-state index contributed by atoms with van der Waals surface area (Å²) < 4.78 is 5.32. The van der Waals surface area contributed by atoms with Crippen molar-refractivity contribution in [3.8, 4) is 0 Å². The number of nitrogen functional groups attached to an aromatic ring is 1. The molecule has 3 heteroatoms. The number of ether oxygens (including phenoxy) is 1. The molecule has 1 aromatic carbocycles. The molecule has 0 radical (unpaired) electrons. The second-order valence-corrected chi connectivity index (χ2v) is 3.59. The van der Waals surface area contributed by atoms with Gasteiger partial charge in [-0.3, -0.25) is 0 Å². The predicted octanol–water partition coefficient (Wildman–Crippen LogP) is 1.41. The van der Waals surface area contributed by atoms with Crippen LogP contribution in [0, 0.1) is 6.92 Å². The first-order valence-electron chi connectivity index (χ1n) is 4.97. The van der Waals surface area contributed by atoms with Gasteiger partial charge in [0.05, 0.1) is 13.2 Å². The molecule has 2 rings (SSSR count). The van der Waals surface area contributed by atoms with Gasteiger partial charge in [0.15, 0.2) is 0 Å². The van der Waals surface area contributed by atoms with Gasteiger partial charge < -0.3 is 15.4 Å². The summed E-state index contributed by atoms with van der Waals surface area (Å²) in [6.07, 6.45) is 0. The van der Waals surface area contributed by atoms with Crippen molar-refractivity contribution in [3.05, 3.63) is 23.8 Å². The van der Waals surface area contributed by atoms with E-state index < -0.39 is 0 Å². The van der Waals surface area contributed by atoms with E-state index in [1.807, 2.05) is 12.1 Å². The van der Waals surface area contributed by atoms with Gasteiger partial charge in [-0.1, -0.05) is 6.07 Å². The summed E-state index contributed by atoms with van der Waals surface area (Å²) in [5.74, 6) is 0. The summed E-state index contributed by atoms with van der Waals surface area (Å²) in [6.45, 7) is 5.62. The van der Waals surface area contributed by atoms with Crippen molar-refractivity contribution in [2.24, 2.45) is 0 Å². The van der Waals surface area contributed by atoms with Crippen molar-refractivity contribution in [2.45, 2.75) is 6.92 Å². The summed E-state index contributed by atoms with van der Waals surface area (Å²) in [6, 6.07) is 6.07. The van der Waals surface area contributed by atoms with Crippen molar-refractivity contribution < 1.29 is 4.74 Å². The zero-order valence-corrected chi connectivity index (χ0v) is 8.49. The van der Waals surface area contributed by atoms with Gasteiger partial charge in [-0.25, -0.2) is 0 Å². The highest BCUT2D eigenvalue weighted by molar-refractivity contribution is 5.64. The molecule has 3 nitrogen and oxygen atoms in total. The number of anilines is 2. The zero-order chi connectivity index (χ0) is 9.97. The first-order chi connectivity index (χ1) is 6.79. The first-order valence-corrected chi connectivity index (χ1v) is 4.97. The molecule has 1 aliphatic rings. The van der Waals surface area contributed by atoms with Gasteiger partial charge in [0.2, 0.25) is 0 Å². The Hall–Kier alpha value is -1.22. The lowest BCUT2D eigenvalue weighted by atomic mass is 10.1. The highest BCUT2D eigenvalue weighted by Gasteiger charge is 2.13. The minimum atomic E-state index is 0.814. The monoisotopic (exact) mass is 192 g/mol. The van der Waals surface area contributed by atoms with Crippen LogP contribution in [0.2, 0.25) is 0 Å². The second kappa shape index (κ2) is 3.88. The highest BCUT2D eigenvalue weighted by Crippen LogP contribution is 2.25. The average molecular weight is 192 g/mol. The predicted molar refractivity (Wildman–Crippen MR) is 58.6 cm³/mol. The van der Waals surface area contributed by atoms with Gasteiger partial charge in [-0.15, -0.1) is 0 Å². The second-order valence-electron chi connectivity index (χ2n) is 3.59. The molecular weight excluding hydrogens is 176 g/mol. The number of nitrogens with two attached hydrogens (primary N) is 1. The van der Waals surface area contributed by atoms with Gasteiger partial charge >= 0.3 is 0 Å². The van der Waals surface area contributed by atoms with Gasteiger partial charge in [0.1, 0.15) is 0 Å². The fourth-order valence-electron chi connectivity index (χ4n) is 1.79. The molecule has 1 aliphatic heterocycles. The molecule has 14 heavy (non-hydrogen) atoms. The van der Waals surface area contributed by atoms with Crippen LogP contribution >= 0.6 is 0 Å². The van der Waals surface area contributed by atoms with Crippen LogP contribution in [0.25, 0.3) is 0 Å². The fraction of sp³-hybridized carbons (Fsp3) is 0.455. The number of rotatable bonds is 1. The minimum Gasteiger partial charge on any atom is -0.398 e. The van der Waals surface area contributed by atoms with Crippen LogP contribution in [-0.2, 0) is 4.74 Å². The number of morpholine rings is 1. The Morgan fingerprint density at radius 3 is 2.71 bits per heavy atom. The first kappa shape index (κ1) is 9.34. The molecule has 1 fully saturated rings. The van der Waals surface area contributed by atoms with E-state index in [4.69, 9.17) is 10.5 Å². The van der Waals surface area contributed by atoms with Crippen molar-refractivity contribution in [3.63, 3.8) is 0 Å². The molecule has 1 heterocycles. The quantitative estimate of drug-likeness (QED) is 0.684. The topological polar surface area (TPSA) is 38.5 Å². The smallest absolute Gasteiger partial charge is 0.0642 e. The summed E-state index contributed by atoms with van der Waals surface area (Å²) in [4.78, 5) is 2.33. The molecule has 2 N–H and O–H groups in total. The number of hydrogen-bond donors (Lipinski definition) is 1. The Balaban J connectivity index is 2.26. The molecule has 0 saturated carbocycles. The van der Waals surface area contributed by atoms with Crippen molar-refractivity contribution in [2.75, 3.05) is 36.9 Å². The SMILES string of the molecule is Cc1c(N)cccc1N1CCOCC1. The standard InChI is InChI=1S/C11H16N2O/c1-9-10(12)3-2-4-11(9)13-5-7-14-8-6-13/h2-4H,5-8,12H2,1H3. The molecule has 1 aromatic rings. The van der Waals surface area contributed by atoms with Crippen LogP contribution in [0.1, 0.15) is 5.56 Å². The molecule has 0 aromatic heterocycles. The van der Waals surface area contributed by atoms with Gasteiger partial charge in [-0.05, 0) is 24.6 Å². The van der Waals surface area contributed by atoms with Gasteiger partial charge in [-0.2, -0.15) is 0 Å². The largest absolute Gasteiger partial charge is 0.398 e. The third kappa shape index (κ3) is 1.68. The normalized spacial score (nSPS) is 17.1. The molecule has 0 amide bonds. The van der Waals surface area contributed by atoms with E-state index in [2.05, 4.69) is 17.9 Å². The summed E-state index contributed by atoms with van der Waals surface area (Å²) in [5.41, 5.74) is 9.16. The summed E-state index contributed by atoms with van der Waals surface area (Å²) >= 11 is 0. The van der Waals surface area contributed by atoms with Crippen LogP contribution in [0.15, 0.2) is 18.2 Å². The lowest BCUT2D eigenvalue weighted by molar-refractivity contribution is 0.122. The van der Waals surface area contributed by atoms with Crippen LogP contribution in [0.3, 0.4) is 0 Å². The number of benzene rings is 1. The van der Waals surface area contributed by atoms with E-state index in [9.17, 15) is 0 Å². The summed E-state index contributed by atoms with van der Waals surface area (Å²) in [5, 5.41) is 0. The zero-order valence-electron chi connectivity index (χ0n) is 8.49. The lowest BCUT2D eigenvalue weighted by Gasteiger charge is -2.30. The van der Waals surface area contributed by atoms with Crippen LogP contribution in [-0.4, -0.2) is 26.3 Å². The molecule has 0 unspecified atom stereocenters. The number of nitrogens with zero attached hydrogens (tertiary/aromatic N) is 1. The van der Waals surface area contributed by atoms with E-state index in [0.29, 0.717) is 0 Å². The molecule has 1 saturated heterocycles. The third-order valence-corrected chi connectivity index (χ3v) is 2.70. The Morgan fingerprint density at radius 2 is 2.00 bits per heavy atom. The maximum absolute atomic E-state index is 5.87. The number of hydrogen-bond acceptors (Lipinski definition) is 3. The van der Waals surface area contributed by atoms with Crippen LogP contribution < -0.4 is 10.6 Å². The van der Waals surface area contributed by atoms with E-state index in [-0.39, 0.29) is 0 Å². The van der Waals surface area contributed by atoms with E-state index in [0.717, 1.165) is 32.0 Å². The Bertz CT molecular complexity index is 319. The molecule has 0 spiro atoms. The fourth-order valence-corrected chi connectivity index (χ4v) is 1.79. The lowest BCUT2D eigenvalue weighted by Crippen LogP contribution is -2.36. The van der Waals surface area contributed by atoms with Crippen LogP contribution in [0.5, 0.6) is 0 Å². The molecule has 0 aliphatic carbocycles. The van der Waals surface area contributed by atoms with E-state index >= 15 is 0 Å².